The highest BCUT2D eigenvalue weighted by Gasteiger charge is 2.04. The zero-order chi connectivity index (χ0) is 11.3. The summed E-state index contributed by atoms with van der Waals surface area (Å²) in [5, 5.41) is 7.48. The van der Waals surface area contributed by atoms with Crippen molar-refractivity contribution in [1.29, 1.82) is 0 Å². The van der Waals surface area contributed by atoms with Crippen LogP contribution in [0.3, 0.4) is 0 Å². The minimum absolute atomic E-state index is 0.278. The summed E-state index contributed by atoms with van der Waals surface area (Å²) in [6.07, 6.45) is 0. The summed E-state index contributed by atoms with van der Waals surface area (Å²) in [7, 11) is 0. The third kappa shape index (κ3) is 2.87. The SMILES string of the molecule is CC.Cc1nnc(-c2ccc(F)cc2)o1. The molecule has 0 unspecified atom stereocenters. The highest BCUT2D eigenvalue weighted by molar-refractivity contribution is 5.51. The summed E-state index contributed by atoms with van der Waals surface area (Å²) in [4.78, 5) is 0. The van der Waals surface area contributed by atoms with Gasteiger partial charge in [0.2, 0.25) is 11.8 Å². The predicted octanol–water partition coefficient (Wildman–Crippen LogP) is 3.21. The second-order valence-electron chi connectivity index (χ2n) is 2.63. The second-order valence-corrected chi connectivity index (χ2v) is 2.63. The predicted molar refractivity (Wildman–Crippen MR) is 55.8 cm³/mol. The van der Waals surface area contributed by atoms with Gasteiger partial charge in [-0.2, -0.15) is 0 Å². The molecular weight excluding hydrogens is 195 g/mol. The van der Waals surface area contributed by atoms with Crippen LogP contribution in [-0.4, -0.2) is 10.2 Å². The first-order valence-electron chi connectivity index (χ1n) is 4.82. The van der Waals surface area contributed by atoms with E-state index in [1.807, 2.05) is 13.8 Å². The Morgan fingerprint density at radius 1 is 1.07 bits per heavy atom. The fourth-order valence-electron chi connectivity index (χ4n) is 1.01. The van der Waals surface area contributed by atoms with Gasteiger partial charge in [-0.1, -0.05) is 13.8 Å². The summed E-state index contributed by atoms with van der Waals surface area (Å²) >= 11 is 0. The van der Waals surface area contributed by atoms with Gasteiger partial charge in [-0.3, -0.25) is 0 Å². The van der Waals surface area contributed by atoms with E-state index in [4.69, 9.17) is 4.42 Å². The molecule has 0 saturated heterocycles. The third-order valence-corrected chi connectivity index (χ3v) is 1.62. The van der Waals surface area contributed by atoms with Crippen LogP contribution in [0.2, 0.25) is 0 Å². The summed E-state index contributed by atoms with van der Waals surface area (Å²) in [6, 6.07) is 5.91. The molecule has 1 aromatic heterocycles. The van der Waals surface area contributed by atoms with Crippen LogP contribution in [0, 0.1) is 12.7 Å². The Morgan fingerprint density at radius 3 is 2.13 bits per heavy atom. The second kappa shape index (κ2) is 5.24. The molecule has 0 aliphatic heterocycles. The highest BCUT2D eigenvalue weighted by atomic mass is 19.1. The van der Waals surface area contributed by atoms with Crippen molar-refractivity contribution in [2.75, 3.05) is 0 Å². The van der Waals surface area contributed by atoms with E-state index in [0.29, 0.717) is 11.8 Å². The number of benzene rings is 1. The zero-order valence-corrected chi connectivity index (χ0v) is 8.99. The molecule has 1 heterocycles. The van der Waals surface area contributed by atoms with E-state index in [-0.39, 0.29) is 5.82 Å². The Bertz CT molecular complexity index is 409. The van der Waals surface area contributed by atoms with E-state index in [1.165, 1.54) is 12.1 Å². The monoisotopic (exact) mass is 208 g/mol. The van der Waals surface area contributed by atoms with Gasteiger partial charge in [0.15, 0.2) is 0 Å². The molecule has 80 valence electrons. The van der Waals surface area contributed by atoms with Crippen molar-refractivity contribution in [3.8, 4) is 11.5 Å². The average molecular weight is 208 g/mol. The highest BCUT2D eigenvalue weighted by Crippen LogP contribution is 2.17. The lowest BCUT2D eigenvalue weighted by molar-refractivity contribution is 0.532. The number of hydrogen-bond acceptors (Lipinski definition) is 3. The van der Waals surface area contributed by atoms with E-state index in [1.54, 1.807) is 19.1 Å². The van der Waals surface area contributed by atoms with Gasteiger partial charge in [-0.15, -0.1) is 10.2 Å². The number of aromatic nitrogens is 2. The molecule has 0 radical (unpaired) electrons. The van der Waals surface area contributed by atoms with Crippen LogP contribution in [0.15, 0.2) is 28.7 Å². The van der Waals surface area contributed by atoms with Gasteiger partial charge in [-0.25, -0.2) is 4.39 Å². The molecule has 2 rings (SSSR count). The number of rotatable bonds is 1. The van der Waals surface area contributed by atoms with E-state index in [2.05, 4.69) is 10.2 Å². The fraction of sp³-hybridized carbons (Fsp3) is 0.273. The maximum Gasteiger partial charge on any atom is 0.247 e. The lowest BCUT2D eigenvalue weighted by Gasteiger charge is -1.92. The molecule has 0 bridgehead atoms. The van der Waals surface area contributed by atoms with Crippen molar-refractivity contribution in [1.82, 2.24) is 10.2 Å². The normalized spacial score (nSPS) is 9.33. The van der Waals surface area contributed by atoms with Crippen LogP contribution < -0.4 is 0 Å². The van der Waals surface area contributed by atoms with Crippen molar-refractivity contribution >= 4 is 0 Å². The standard InChI is InChI=1S/C9H7FN2O.C2H6/c1-6-11-12-9(13-6)7-2-4-8(10)5-3-7;1-2/h2-5H,1H3;1-2H3. The maximum absolute atomic E-state index is 12.5. The summed E-state index contributed by atoms with van der Waals surface area (Å²) in [5.41, 5.74) is 0.724. The quantitative estimate of drug-likeness (QED) is 0.722. The van der Waals surface area contributed by atoms with Crippen molar-refractivity contribution < 1.29 is 8.81 Å². The molecule has 0 aliphatic rings. The zero-order valence-electron chi connectivity index (χ0n) is 8.99. The lowest BCUT2D eigenvalue weighted by Crippen LogP contribution is -1.78. The Balaban J connectivity index is 0.000000531. The minimum Gasteiger partial charge on any atom is -0.421 e. The van der Waals surface area contributed by atoms with Gasteiger partial charge in [0.25, 0.3) is 0 Å². The molecule has 15 heavy (non-hydrogen) atoms. The van der Waals surface area contributed by atoms with Crippen molar-refractivity contribution in [2.45, 2.75) is 20.8 Å². The van der Waals surface area contributed by atoms with Crippen LogP contribution >= 0.6 is 0 Å². The molecule has 0 fully saturated rings. The Morgan fingerprint density at radius 2 is 1.67 bits per heavy atom. The van der Waals surface area contributed by atoms with Gasteiger partial charge >= 0.3 is 0 Å². The van der Waals surface area contributed by atoms with E-state index in [9.17, 15) is 4.39 Å². The van der Waals surface area contributed by atoms with E-state index >= 15 is 0 Å². The Kier molecular flexibility index (Phi) is 3.97. The van der Waals surface area contributed by atoms with Crippen molar-refractivity contribution in [3.63, 3.8) is 0 Å². The molecule has 2 aromatic rings. The minimum atomic E-state index is -0.278. The van der Waals surface area contributed by atoms with E-state index < -0.39 is 0 Å². The number of hydrogen-bond donors (Lipinski definition) is 0. The molecule has 0 atom stereocenters. The molecule has 0 amide bonds. The third-order valence-electron chi connectivity index (χ3n) is 1.62. The first-order valence-corrected chi connectivity index (χ1v) is 4.82. The lowest BCUT2D eigenvalue weighted by atomic mass is 10.2. The van der Waals surface area contributed by atoms with Crippen molar-refractivity contribution in [2.24, 2.45) is 0 Å². The molecular formula is C11H13FN2O. The largest absolute Gasteiger partial charge is 0.421 e. The average Bonchev–Trinajstić information content (AvgIpc) is 2.69. The first kappa shape index (κ1) is 11.4. The summed E-state index contributed by atoms with van der Waals surface area (Å²) in [5.74, 6) is 0.636. The van der Waals surface area contributed by atoms with E-state index in [0.717, 1.165) is 5.56 Å². The topological polar surface area (TPSA) is 38.9 Å². The molecule has 3 nitrogen and oxygen atoms in total. The van der Waals surface area contributed by atoms with Gasteiger partial charge in [0, 0.05) is 12.5 Å². The summed E-state index contributed by atoms with van der Waals surface area (Å²) < 4.78 is 17.7. The van der Waals surface area contributed by atoms with Gasteiger partial charge in [0.1, 0.15) is 5.82 Å². The number of aryl methyl sites for hydroxylation is 1. The van der Waals surface area contributed by atoms with Gasteiger partial charge in [0.05, 0.1) is 0 Å². The molecule has 0 aliphatic carbocycles. The maximum atomic E-state index is 12.5. The van der Waals surface area contributed by atoms with Crippen LogP contribution in [0.1, 0.15) is 19.7 Å². The Hall–Kier alpha value is -1.71. The van der Waals surface area contributed by atoms with Crippen molar-refractivity contribution in [3.05, 3.63) is 36.0 Å². The van der Waals surface area contributed by atoms with Gasteiger partial charge < -0.3 is 4.42 Å². The number of halogens is 1. The van der Waals surface area contributed by atoms with Gasteiger partial charge in [-0.05, 0) is 24.3 Å². The molecule has 4 heteroatoms. The first-order chi connectivity index (χ1) is 7.25. The fourth-order valence-corrected chi connectivity index (χ4v) is 1.01. The molecule has 0 N–H and O–H groups in total. The summed E-state index contributed by atoms with van der Waals surface area (Å²) in [6.45, 7) is 5.71. The molecule has 1 aromatic carbocycles. The number of nitrogens with zero attached hydrogens (tertiary/aromatic N) is 2. The Labute approximate surface area is 88.0 Å². The molecule has 0 saturated carbocycles. The van der Waals surface area contributed by atoms with Crippen LogP contribution in [0.4, 0.5) is 4.39 Å². The molecule has 0 spiro atoms. The van der Waals surface area contributed by atoms with Crippen LogP contribution in [0.5, 0.6) is 0 Å². The van der Waals surface area contributed by atoms with Crippen LogP contribution in [-0.2, 0) is 0 Å². The smallest absolute Gasteiger partial charge is 0.247 e. The van der Waals surface area contributed by atoms with Crippen LogP contribution in [0.25, 0.3) is 11.5 Å².